The molecule has 0 unspecified atom stereocenters. The molecule has 0 aliphatic carbocycles. The molecule has 0 fully saturated rings. The van der Waals surface area contributed by atoms with Gasteiger partial charge in [-0.3, -0.25) is 4.79 Å². The van der Waals surface area contributed by atoms with Gasteiger partial charge in [0.05, 0.1) is 0 Å². The first-order chi connectivity index (χ1) is 7.99. The maximum Gasteiger partial charge on any atom is 0.328 e. The van der Waals surface area contributed by atoms with E-state index in [1.54, 1.807) is 18.2 Å². The Morgan fingerprint density at radius 1 is 1.29 bits per heavy atom. The number of aryl methyl sites for hydroxylation is 1. The first-order valence-corrected chi connectivity index (χ1v) is 5.69. The molecule has 0 radical (unpaired) electrons. The molecule has 0 amide bonds. The lowest BCUT2D eigenvalue weighted by atomic mass is 10.0. The van der Waals surface area contributed by atoms with Gasteiger partial charge in [0.15, 0.2) is 0 Å². The molecule has 0 saturated carbocycles. The van der Waals surface area contributed by atoms with Crippen LogP contribution in [0.15, 0.2) is 28.7 Å². The van der Waals surface area contributed by atoms with E-state index >= 15 is 0 Å². The molecule has 0 bridgehead atoms. The molecule has 0 heterocycles. The summed E-state index contributed by atoms with van der Waals surface area (Å²) in [6.07, 6.45) is 2.90. The van der Waals surface area contributed by atoms with E-state index in [2.05, 4.69) is 15.9 Å². The number of hydrogen-bond donors (Lipinski definition) is 2. The Labute approximate surface area is 107 Å². The third-order valence-electron chi connectivity index (χ3n) is 2.12. The Morgan fingerprint density at radius 2 is 2.00 bits per heavy atom. The molecule has 0 atom stereocenters. The second-order valence-corrected chi connectivity index (χ2v) is 4.32. The number of hydrogen-bond acceptors (Lipinski definition) is 2. The van der Waals surface area contributed by atoms with Crippen LogP contribution in [0.3, 0.4) is 0 Å². The quantitative estimate of drug-likeness (QED) is 0.819. The van der Waals surface area contributed by atoms with Crippen LogP contribution >= 0.6 is 15.9 Å². The minimum absolute atomic E-state index is 0.0234. The maximum absolute atomic E-state index is 10.5. The van der Waals surface area contributed by atoms with Crippen LogP contribution in [0.25, 0.3) is 6.08 Å². The standard InChI is InChI=1S/C12H11BrO4/c13-10-4-1-8(2-5-11(14)15)9(7-10)3-6-12(16)17/h1,3-4,6-7H,2,5H2,(H,14,15)(H,16,17)/b6-3+. The predicted octanol–water partition coefficient (Wildman–Crippen LogP) is 2.56. The number of rotatable bonds is 5. The van der Waals surface area contributed by atoms with Gasteiger partial charge in [0, 0.05) is 17.0 Å². The van der Waals surface area contributed by atoms with Gasteiger partial charge in [-0.05, 0) is 35.8 Å². The van der Waals surface area contributed by atoms with E-state index in [0.29, 0.717) is 12.0 Å². The average molecular weight is 299 g/mol. The number of carboxylic acid groups (broad SMARTS) is 2. The van der Waals surface area contributed by atoms with Gasteiger partial charge < -0.3 is 10.2 Å². The Bertz CT molecular complexity index is 466. The third-order valence-corrected chi connectivity index (χ3v) is 2.61. The van der Waals surface area contributed by atoms with Gasteiger partial charge in [-0.25, -0.2) is 4.79 Å². The molecule has 0 saturated heterocycles. The van der Waals surface area contributed by atoms with Crippen molar-refractivity contribution in [3.8, 4) is 0 Å². The van der Waals surface area contributed by atoms with Crippen LogP contribution in [0.4, 0.5) is 0 Å². The fraction of sp³-hybridized carbons (Fsp3) is 0.167. The highest BCUT2D eigenvalue weighted by Crippen LogP contribution is 2.19. The van der Waals surface area contributed by atoms with Crippen LogP contribution < -0.4 is 0 Å². The van der Waals surface area contributed by atoms with Crippen LogP contribution in [0, 0.1) is 0 Å². The van der Waals surface area contributed by atoms with E-state index in [9.17, 15) is 9.59 Å². The first kappa shape index (κ1) is 13.4. The van der Waals surface area contributed by atoms with E-state index in [-0.39, 0.29) is 6.42 Å². The maximum atomic E-state index is 10.5. The summed E-state index contributed by atoms with van der Waals surface area (Å²) in [4.78, 5) is 20.9. The minimum Gasteiger partial charge on any atom is -0.481 e. The van der Waals surface area contributed by atoms with Crippen molar-refractivity contribution >= 4 is 33.9 Å². The fourth-order valence-electron chi connectivity index (χ4n) is 1.35. The summed E-state index contributed by atoms with van der Waals surface area (Å²) in [5, 5.41) is 17.2. The summed E-state index contributed by atoms with van der Waals surface area (Å²) < 4.78 is 0.821. The fourth-order valence-corrected chi connectivity index (χ4v) is 1.73. The summed E-state index contributed by atoms with van der Waals surface area (Å²) in [6, 6.07) is 5.35. The monoisotopic (exact) mass is 298 g/mol. The summed E-state index contributed by atoms with van der Waals surface area (Å²) in [5.41, 5.74) is 1.52. The zero-order valence-corrected chi connectivity index (χ0v) is 10.5. The second kappa shape index (κ2) is 6.20. The Morgan fingerprint density at radius 3 is 2.59 bits per heavy atom. The lowest BCUT2D eigenvalue weighted by Crippen LogP contribution is -1.99. The van der Waals surface area contributed by atoms with E-state index in [4.69, 9.17) is 10.2 Å². The topological polar surface area (TPSA) is 74.6 Å². The molecule has 0 spiro atoms. The zero-order valence-electron chi connectivity index (χ0n) is 8.89. The Balaban J connectivity index is 2.95. The lowest BCUT2D eigenvalue weighted by Gasteiger charge is -2.05. The summed E-state index contributed by atoms with van der Waals surface area (Å²) in [6.45, 7) is 0. The molecule has 0 aromatic heterocycles. The van der Waals surface area contributed by atoms with Gasteiger partial charge in [-0.1, -0.05) is 22.0 Å². The molecular formula is C12H11BrO4. The predicted molar refractivity (Wildman–Crippen MR) is 66.8 cm³/mol. The van der Waals surface area contributed by atoms with E-state index in [1.807, 2.05) is 0 Å². The van der Waals surface area contributed by atoms with Crippen molar-refractivity contribution in [1.82, 2.24) is 0 Å². The minimum atomic E-state index is -1.03. The van der Waals surface area contributed by atoms with Crippen LogP contribution in [0.5, 0.6) is 0 Å². The number of carbonyl (C=O) groups is 2. The number of halogens is 1. The molecule has 2 N–H and O–H groups in total. The molecule has 0 aliphatic heterocycles. The van der Waals surface area contributed by atoms with Gasteiger partial charge >= 0.3 is 11.9 Å². The summed E-state index contributed by atoms with van der Waals surface area (Å²) in [5.74, 6) is -1.91. The van der Waals surface area contributed by atoms with Gasteiger partial charge in [0.2, 0.25) is 0 Å². The van der Waals surface area contributed by atoms with E-state index < -0.39 is 11.9 Å². The molecular weight excluding hydrogens is 288 g/mol. The van der Waals surface area contributed by atoms with Crippen molar-refractivity contribution in [3.05, 3.63) is 39.9 Å². The first-order valence-electron chi connectivity index (χ1n) is 4.90. The molecule has 1 aromatic rings. The highest BCUT2D eigenvalue weighted by Gasteiger charge is 2.04. The van der Waals surface area contributed by atoms with Crippen molar-refractivity contribution in [3.63, 3.8) is 0 Å². The Kier molecular flexibility index (Phi) is 4.90. The Hall–Kier alpha value is -1.62. The average Bonchev–Trinajstić information content (AvgIpc) is 2.24. The van der Waals surface area contributed by atoms with Crippen LogP contribution in [0.1, 0.15) is 17.5 Å². The smallest absolute Gasteiger partial charge is 0.328 e. The van der Waals surface area contributed by atoms with E-state index in [0.717, 1.165) is 16.1 Å². The molecule has 17 heavy (non-hydrogen) atoms. The third kappa shape index (κ3) is 4.82. The molecule has 0 aliphatic rings. The van der Waals surface area contributed by atoms with Gasteiger partial charge in [0.25, 0.3) is 0 Å². The number of aliphatic carboxylic acids is 2. The molecule has 1 rings (SSSR count). The summed E-state index contributed by atoms with van der Waals surface area (Å²) in [7, 11) is 0. The van der Waals surface area contributed by atoms with Crippen molar-refractivity contribution in [1.29, 1.82) is 0 Å². The van der Waals surface area contributed by atoms with Crippen LogP contribution in [-0.2, 0) is 16.0 Å². The number of carboxylic acids is 2. The van der Waals surface area contributed by atoms with Crippen molar-refractivity contribution in [2.75, 3.05) is 0 Å². The zero-order chi connectivity index (χ0) is 12.8. The molecule has 4 nitrogen and oxygen atoms in total. The van der Waals surface area contributed by atoms with E-state index in [1.165, 1.54) is 6.08 Å². The van der Waals surface area contributed by atoms with Crippen LogP contribution in [0.2, 0.25) is 0 Å². The molecule has 90 valence electrons. The van der Waals surface area contributed by atoms with Crippen molar-refractivity contribution in [2.45, 2.75) is 12.8 Å². The van der Waals surface area contributed by atoms with Gasteiger partial charge in [-0.15, -0.1) is 0 Å². The SMILES string of the molecule is O=C(O)/C=C/c1cc(Br)ccc1CCC(=O)O. The van der Waals surface area contributed by atoms with Crippen molar-refractivity contribution in [2.24, 2.45) is 0 Å². The van der Waals surface area contributed by atoms with Gasteiger partial charge in [-0.2, -0.15) is 0 Å². The highest BCUT2D eigenvalue weighted by atomic mass is 79.9. The molecule has 1 aromatic carbocycles. The summed E-state index contributed by atoms with van der Waals surface area (Å²) >= 11 is 3.29. The lowest BCUT2D eigenvalue weighted by molar-refractivity contribution is -0.137. The molecule has 5 heteroatoms. The second-order valence-electron chi connectivity index (χ2n) is 3.41. The number of benzene rings is 1. The highest BCUT2D eigenvalue weighted by molar-refractivity contribution is 9.10. The normalized spacial score (nSPS) is 10.6. The van der Waals surface area contributed by atoms with Gasteiger partial charge in [0.1, 0.15) is 0 Å². The van der Waals surface area contributed by atoms with Crippen LogP contribution in [-0.4, -0.2) is 22.2 Å². The largest absolute Gasteiger partial charge is 0.481 e. The van der Waals surface area contributed by atoms with Crippen molar-refractivity contribution < 1.29 is 19.8 Å².